The first-order chi connectivity index (χ1) is 17.8. The molecule has 7 nitrogen and oxygen atoms in total. The minimum atomic E-state index is 0.432. The molecule has 0 amide bonds. The molecule has 0 atom stereocenters. The van der Waals surface area contributed by atoms with Crippen LogP contribution >= 0.6 is 0 Å². The van der Waals surface area contributed by atoms with Gasteiger partial charge in [0, 0.05) is 49.7 Å². The highest BCUT2D eigenvalue weighted by molar-refractivity contribution is 6.35. The first-order valence-corrected chi connectivity index (χ1v) is 12.0. The van der Waals surface area contributed by atoms with E-state index in [0.717, 1.165) is 44.5 Å². The highest BCUT2D eigenvalue weighted by Crippen LogP contribution is 2.61. The minimum absolute atomic E-state index is 0.432. The standard InChI is InChI=1S/C30H23N7/c31-10-1-2-11-12-3-5-14-22-15(6-4-13(21(12)22)16(11)7-10)24-23(14)29(36)25-26(30(24)37)28(35)18-9-20(33)19(32)8-17(18)27(25)34/h1-9H,31-37H2. The van der Waals surface area contributed by atoms with E-state index in [-0.39, 0.29) is 0 Å². The van der Waals surface area contributed by atoms with Crippen LogP contribution in [0.4, 0.5) is 39.8 Å². The average molecular weight is 482 g/mol. The summed E-state index contributed by atoms with van der Waals surface area (Å²) in [7, 11) is 0. The Labute approximate surface area is 211 Å². The maximum absolute atomic E-state index is 6.95. The van der Waals surface area contributed by atoms with E-state index in [1.165, 1.54) is 16.5 Å². The van der Waals surface area contributed by atoms with Gasteiger partial charge in [-0.3, -0.25) is 0 Å². The molecule has 0 saturated heterocycles. The lowest BCUT2D eigenvalue weighted by Gasteiger charge is -2.20. The zero-order chi connectivity index (χ0) is 25.5. The Morgan fingerprint density at radius 3 is 1.32 bits per heavy atom. The number of hydrogen-bond donors (Lipinski definition) is 7. The summed E-state index contributed by atoms with van der Waals surface area (Å²) in [6, 6.07) is 18.1. The van der Waals surface area contributed by atoms with Gasteiger partial charge in [-0.25, -0.2) is 0 Å². The van der Waals surface area contributed by atoms with Gasteiger partial charge in [0.05, 0.1) is 22.7 Å². The zero-order valence-electron chi connectivity index (χ0n) is 19.7. The second kappa shape index (κ2) is 6.09. The van der Waals surface area contributed by atoms with Gasteiger partial charge in [0.2, 0.25) is 0 Å². The molecule has 2 aliphatic carbocycles. The van der Waals surface area contributed by atoms with E-state index in [1.807, 2.05) is 12.1 Å². The van der Waals surface area contributed by atoms with E-state index < -0.39 is 0 Å². The zero-order valence-corrected chi connectivity index (χ0v) is 19.7. The lowest BCUT2D eigenvalue weighted by atomic mass is 9.89. The predicted octanol–water partition coefficient (Wildman–Crippen LogP) is 5.52. The van der Waals surface area contributed by atoms with Crippen LogP contribution in [0.2, 0.25) is 0 Å². The van der Waals surface area contributed by atoms with Crippen molar-refractivity contribution in [3.63, 3.8) is 0 Å². The molecule has 0 fully saturated rings. The van der Waals surface area contributed by atoms with Crippen molar-refractivity contribution in [1.82, 2.24) is 0 Å². The minimum Gasteiger partial charge on any atom is -0.399 e. The van der Waals surface area contributed by atoms with E-state index in [2.05, 4.69) is 30.3 Å². The molecule has 0 radical (unpaired) electrons. The molecule has 0 bridgehead atoms. The fourth-order valence-electron chi connectivity index (χ4n) is 6.64. The molecule has 0 saturated carbocycles. The summed E-state index contributed by atoms with van der Waals surface area (Å²) in [5.74, 6) is 0. The molecule has 6 aromatic rings. The van der Waals surface area contributed by atoms with Crippen molar-refractivity contribution in [2.24, 2.45) is 0 Å². The topological polar surface area (TPSA) is 182 Å². The van der Waals surface area contributed by atoms with Crippen LogP contribution in [-0.4, -0.2) is 0 Å². The predicted molar refractivity (Wildman–Crippen MR) is 159 cm³/mol. The molecular weight excluding hydrogens is 458 g/mol. The third kappa shape index (κ3) is 2.10. The van der Waals surface area contributed by atoms with Crippen LogP contribution in [0.3, 0.4) is 0 Å². The van der Waals surface area contributed by atoms with Crippen molar-refractivity contribution in [2.45, 2.75) is 0 Å². The Morgan fingerprint density at radius 2 is 0.784 bits per heavy atom. The van der Waals surface area contributed by atoms with Crippen LogP contribution in [-0.2, 0) is 0 Å². The number of nitrogens with two attached hydrogens (primary N) is 7. The Bertz CT molecular complexity index is 2020. The Hall–Kier alpha value is -5.30. The van der Waals surface area contributed by atoms with Crippen LogP contribution < -0.4 is 40.1 Å². The molecule has 0 aliphatic heterocycles. The Balaban J connectivity index is 1.56. The van der Waals surface area contributed by atoms with Crippen molar-refractivity contribution in [2.75, 3.05) is 40.1 Å². The van der Waals surface area contributed by atoms with Crippen LogP contribution in [0, 0.1) is 0 Å². The van der Waals surface area contributed by atoms with Crippen molar-refractivity contribution in [3.05, 3.63) is 54.6 Å². The maximum atomic E-state index is 6.95. The van der Waals surface area contributed by atoms with E-state index in [4.69, 9.17) is 40.1 Å². The molecule has 0 unspecified atom stereocenters. The monoisotopic (exact) mass is 481 g/mol. The molecular formula is C30H23N7. The number of benzene rings is 6. The summed E-state index contributed by atoms with van der Waals surface area (Å²) in [6.07, 6.45) is 0. The summed E-state index contributed by atoms with van der Waals surface area (Å²) in [5, 5.41) is 4.99. The van der Waals surface area contributed by atoms with Crippen molar-refractivity contribution in [3.8, 4) is 44.5 Å². The second-order valence-corrected chi connectivity index (χ2v) is 10.1. The average Bonchev–Trinajstić information content (AvgIpc) is 3.38. The first-order valence-electron chi connectivity index (χ1n) is 12.0. The molecule has 7 heteroatoms. The highest BCUT2D eigenvalue weighted by atomic mass is 14.7. The van der Waals surface area contributed by atoms with Gasteiger partial charge in [-0.2, -0.15) is 0 Å². The van der Waals surface area contributed by atoms with Crippen LogP contribution in [0.5, 0.6) is 0 Å². The molecule has 0 aromatic heterocycles. The summed E-state index contributed by atoms with van der Waals surface area (Å²) in [4.78, 5) is 0. The van der Waals surface area contributed by atoms with Crippen molar-refractivity contribution < 1.29 is 0 Å². The summed E-state index contributed by atoms with van der Waals surface area (Å²) >= 11 is 0. The van der Waals surface area contributed by atoms with Crippen molar-refractivity contribution >= 4 is 72.1 Å². The fourth-order valence-corrected chi connectivity index (χ4v) is 6.64. The van der Waals surface area contributed by atoms with Crippen LogP contribution in [0.15, 0.2) is 54.6 Å². The number of fused-ring (bicyclic) bond motifs is 8. The van der Waals surface area contributed by atoms with Crippen LogP contribution in [0.1, 0.15) is 0 Å². The molecule has 2 aliphatic rings. The van der Waals surface area contributed by atoms with E-state index in [0.29, 0.717) is 55.7 Å². The summed E-state index contributed by atoms with van der Waals surface area (Å²) in [5.41, 5.74) is 57.9. The largest absolute Gasteiger partial charge is 0.399 e. The summed E-state index contributed by atoms with van der Waals surface area (Å²) < 4.78 is 0. The molecule has 37 heavy (non-hydrogen) atoms. The number of rotatable bonds is 0. The molecule has 14 N–H and O–H groups in total. The van der Waals surface area contributed by atoms with Gasteiger partial charge in [0.25, 0.3) is 0 Å². The smallest absolute Gasteiger partial charge is 0.0555 e. The maximum Gasteiger partial charge on any atom is 0.0555 e. The molecule has 8 rings (SSSR count). The lowest BCUT2D eigenvalue weighted by molar-refractivity contribution is 1.66. The van der Waals surface area contributed by atoms with Gasteiger partial charge >= 0.3 is 0 Å². The molecule has 6 aromatic carbocycles. The number of hydrogen-bond acceptors (Lipinski definition) is 7. The van der Waals surface area contributed by atoms with Crippen LogP contribution in [0.25, 0.3) is 76.8 Å². The second-order valence-electron chi connectivity index (χ2n) is 10.1. The SMILES string of the molecule is Nc1ccc2c(c1)-c1ccc3c4c(ccc-2c14)-c1c-3c(N)c2c(N)c3cc(N)c(N)cc3c(N)c2c1N. The quantitative estimate of drug-likeness (QED) is 0.0845. The van der Waals surface area contributed by atoms with Gasteiger partial charge < -0.3 is 40.1 Å². The van der Waals surface area contributed by atoms with E-state index in [9.17, 15) is 0 Å². The highest BCUT2D eigenvalue weighted by Gasteiger charge is 2.33. The number of anilines is 7. The normalized spacial score (nSPS) is 12.5. The van der Waals surface area contributed by atoms with Gasteiger partial charge in [-0.15, -0.1) is 0 Å². The van der Waals surface area contributed by atoms with Gasteiger partial charge in [-0.05, 0) is 68.4 Å². The molecule has 178 valence electrons. The number of nitrogen functional groups attached to an aromatic ring is 7. The fraction of sp³-hybridized carbons (Fsp3) is 0. The lowest BCUT2D eigenvalue weighted by Crippen LogP contribution is -2.05. The third-order valence-corrected chi connectivity index (χ3v) is 8.24. The third-order valence-electron chi connectivity index (χ3n) is 8.24. The first kappa shape index (κ1) is 19.9. The molecule has 0 spiro atoms. The molecule has 0 heterocycles. The van der Waals surface area contributed by atoms with Gasteiger partial charge in [-0.1, -0.05) is 30.3 Å². The van der Waals surface area contributed by atoms with Gasteiger partial charge in [0.1, 0.15) is 0 Å². The van der Waals surface area contributed by atoms with Gasteiger partial charge in [0.15, 0.2) is 0 Å². The van der Waals surface area contributed by atoms with E-state index in [1.54, 1.807) is 12.1 Å². The Kier molecular flexibility index (Phi) is 3.28. The summed E-state index contributed by atoms with van der Waals surface area (Å²) in [6.45, 7) is 0. The van der Waals surface area contributed by atoms with Crippen molar-refractivity contribution in [1.29, 1.82) is 0 Å². The Morgan fingerprint density at radius 1 is 0.351 bits per heavy atom. The van der Waals surface area contributed by atoms with E-state index >= 15 is 0 Å².